The number of benzene rings is 1. The van der Waals surface area contributed by atoms with Gasteiger partial charge in [0.05, 0.1) is 5.92 Å². The Bertz CT molecular complexity index is 470. The van der Waals surface area contributed by atoms with Gasteiger partial charge < -0.3 is 5.11 Å². The van der Waals surface area contributed by atoms with Crippen LogP contribution < -0.4 is 5.14 Å². The smallest absolute Gasteiger partial charge is 0.307 e. The monoisotopic (exact) mass is 251 g/mol. The largest absolute Gasteiger partial charge is 0.481 e. The van der Waals surface area contributed by atoms with Crippen molar-refractivity contribution in [2.45, 2.75) is 31.6 Å². The van der Waals surface area contributed by atoms with Gasteiger partial charge in [-0.1, -0.05) is 26.0 Å². The molecule has 1 aliphatic rings. The molecule has 0 saturated heterocycles. The third kappa shape index (κ3) is 1.96. The number of hydrogen-bond donors (Lipinski definition) is 2. The second-order valence-corrected chi connectivity index (χ2v) is 5.93. The fourth-order valence-electron chi connectivity index (χ4n) is 2.72. The molecule has 1 aliphatic carbocycles. The molecule has 1 aromatic carbocycles. The Balaban J connectivity index is 2.31. The first kappa shape index (κ1) is 12.5. The predicted molar refractivity (Wildman–Crippen MR) is 68.9 cm³/mol. The molecule has 17 heavy (non-hydrogen) atoms. The van der Waals surface area contributed by atoms with Crippen molar-refractivity contribution >= 4 is 17.9 Å². The maximum atomic E-state index is 11.1. The number of nitrogens with two attached hydrogens (primary N) is 1. The minimum Gasteiger partial charge on any atom is -0.481 e. The Hall–Kier alpha value is -1.000. The number of carboxylic acids is 1. The zero-order valence-electron chi connectivity index (χ0n) is 10.2. The van der Waals surface area contributed by atoms with Gasteiger partial charge in [-0.05, 0) is 41.5 Å². The molecule has 3 N–H and O–H groups in total. The van der Waals surface area contributed by atoms with E-state index in [-0.39, 0.29) is 17.3 Å². The van der Waals surface area contributed by atoms with Crippen LogP contribution in [0.3, 0.4) is 0 Å². The molecule has 2 rings (SSSR count). The van der Waals surface area contributed by atoms with Crippen molar-refractivity contribution in [2.24, 2.45) is 16.5 Å². The van der Waals surface area contributed by atoms with Crippen LogP contribution in [0, 0.1) is 18.3 Å². The van der Waals surface area contributed by atoms with E-state index in [0.29, 0.717) is 0 Å². The van der Waals surface area contributed by atoms with Gasteiger partial charge >= 0.3 is 5.97 Å². The van der Waals surface area contributed by atoms with E-state index in [2.05, 4.69) is 6.07 Å². The third-order valence-corrected chi connectivity index (χ3v) is 4.49. The van der Waals surface area contributed by atoms with Crippen LogP contribution in [0.25, 0.3) is 0 Å². The first-order valence-electron chi connectivity index (χ1n) is 5.59. The Morgan fingerprint density at radius 2 is 2.12 bits per heavy atom. The number of rotatable bonds is 3. The highest BCUT2D eigenvalue weighted by atomic mass is 32.2. The van der Waals surface area contributed by atoms with Gasteiger partial charge in [-0.25, -0.2) is 0 Å². The molecule has 2 atom stereocenters. The van der Waals surface area contributed by atoms with Gasteiger partial charge in [0.25, 0.3) is 0 Å². The van der Waals surface area contributed by atoms with Crippen LogP contribution in [0.1, 0.15) is 30.9 Å². The molecule has 4 heteroatoms. The van der Waals surface area contributed by atoms with E-state index in [1.54, 1.807) is 0 Å². The number of aliphatic carboxylic acids is 1. The van der Waals surface area contributed by atoms with Crippen molar-refractivity contribution < 1.29 is 9.90 Å². The molecule has 0 bridgehead atoms. The molecule has 3 nitrogen and oxygen atoms in total. The minimum atomic E-state index is -0.699. The van der Waals surface area contributed by atoms with Crippen molar-refractivity contribution in [3.05, 3.63) is 29.3 Å². The standard InChI is InChI=1S/C13H17NO2S/c1-7-6-8(4-5-9(7)17-14)10-11(12(15)16)13(10,2)3/h4-6,10-11H,14H2,1-3H3,(H,15,16). The summed E-state index contributed by atoms with van der Waals surface area (Å²) in [6.45, 7) is 6.03. The quantitative estimate of drug-likeness (QED) is 0.811. The SMILES string of the molecule is Cc1cc(C2C(C(=O)O)C2(C)C)ccc1SN. The summed E-state index contributed by atoms with van der Waals surface area (Å²) in [6.07, 6.45) is 0. The normalized spacial score (nSPS) is 25.6. The minimum absolute atomic E-state index is 0.121. The first-order valence-corrected chi connectivity index (χ1v) is 6.47. The van der Waals surface area contributed by atoms with E-state index < -0.39 is 5.97 Å². The fraction of sp³-hybridized carbons (Fsp3) is 0.462. The molecule has 0 amide bonds. The van der Waals surface area contributed by atoms with Gasteiger partial charge in [-0.15, -0.1) is 0 Å². The average molecular weight is 251 g/mol. The zero-order chi connectivity index (χ0) is 12.8. The lowest BCUT2D eigenvalue weighted by atomic mass is 10.0. The van der Waals surface area contributed by atoms with Gasteiger partial charge in [0.2, 0.25) is 0 Å². The maximum Gasteiger partial charge on any atom is 0.307 e. The van der Waals surface area contributed by atoms with E-state index in [4.69, 9.17) is 10.2 Å². The highest BCUT2D eigenvalue weighted by Crippen LogP contribution is 2.64. The summed E-state index contributed by atoms with van der Waals surface area (Å²) in [7, 11) is 0. The van der Waals surface area contributed by atoms with Crippen molar-refractivity contribution in [1.29, 1.82) is 0 Å². The third-order valence-electron chi connectivity index (χ3n) is 3.78. The number of hydrogen-bond acceptors (Lipinski definition) is 3. The summed E-state index contributed by atoms with van der Waals surface area (Å²) in [5.74, 6) is -0.844. The molecule has 1 fully saturated rings. The van der Waals surface area contributed by atoms with Gasteiger partial charge in [0.15, 0.2) is 0 Å². The van der Waals surface area contributed by atoms with E-state index in [0.717, 1.165) is 16.0 Å². The van der Waals surface area contributed by atoms with Gasteiger partial charge in [0.1, 0.15) is 0 Å². The molecular weight excluding hydrogens is 234 g/mol. The fourth-order valence-corrected chi connectivity index (χ4v) is 3.11. The second-order valence-electron chi connectivity index (χ2n) is 5.26. The van der Waals surface area contributed by atoms with Crippen molar-refractivity contribution in [1.82, 2.24) is 0 Å². The van der Waals surface area contributed by atoms with Crippen LogP contribution in [0.2, 0.25) is 0 Å². The molecule has 1 saturated carbocycles. The van der Waals surface area contributed by atoms with Crippen molar-refractivity contribution in [2.75, 3.05) is 0 Å². The summed E-state index contributed by atoms with van der Waals surface area (Å²) >= 11 is 1.23. The molecule has 2 unspecified atom stereocenters. The highest BCUT2D eigenvalue weighted by molar-refractivity contribution is 7.97. The summed E-state index contributed by atoms with van der Waals surface area (Å²) < 4.78 is 0. The summed E-state index contributed by atoms with van der Waals surface area (Å²) in [5.41, 5.74) is 2.08. The van der Waals surface area contributed by atoms with Crippen molar-refractivity contribution in [3.8, 4) is 0 Å². The van der Waals surface area contributed by atoms with Gasteiger partial charge in [0, 0.05) is 10.8 Å². The molecule has 0 radical (unpaired) electrons. The Morgan fingerprint density at radius 3 is 2.53 bits per heavy atom. The van der Waals surface area contributed by atoms with E-state index in [9.17, 15) is 4.79 Å². The number of carboxylic acid groups (broad SMARTS) is 1. The highest BCUT2D eigenvalue weighted by Gasteiger charge is 2.62. The van der Waals surface area contributed by atoms with Crippen LogP contribution in [-0.2, 0) is 4.79 Å². The van der Waals surface area contributed by atoms with Crippen molar-refractivity contribution in [3.63, 3.8) is 0 Å². The average Bonchev–Trinajstić information content (AvgIpc) is 2.81. The lowest BCUT2D eigenvalue weighted by Gasteiger charge is -2.07. The van der Waals surface area contributed by atoms with E-state index in [1.807, 2.05) is 32.9 Å². The molecule has 0 spiro atoms. The summed E-state index contributed by atoms with van der Waals surface area (Å²) in [6, 6.07) is 6.03. The number of aryl methyl sites for hydroxylation is 1. The summed E-state index contributed by atoms with van der Waals surface area (Å²) in [4.78, 5) is 12.2. The zero-order valence-corrected chi connectivity index (χ0v) is 11.0. The predicted octanol–water partition coefficient (Wildman–Crippen LogP) is 2.79. The molecular formula is C13H17NO2S. The van der Waals surface area contributed by atoms with Crippen LogP contribution in [0.5, 0.6) is 0 Å². The maximum absolute atomic E-state index is 11.1. The number of carbonyl (C=O) groups is 1. The van der Waals surface area contributed by atoms with Crippen LogP contribution in [-0.4, -0.2) is 11.1 Å². The molecule has 0 heterocycles. The lowest BCUT2D eigenvalue weighted by Crippen LogP contribution is -2.03. The first-order chi connectivity index (χ1) is 7.89. The topological polar surface area (TPSA) is 63.3 Å². The van der Waals surface area contributed by atoms with Gasteiger partial charge in [-0.3, -0.25) is 9.93 Å². The Kier molecular flexibility index (Phi) is 2.96. The van der Waals surface area contributed by atoms with Gasteiger partial charge in [-0.2, -0.15) is 0 Å². The Morgan fingerprint density at radius 1 is 1.47 bits per heavy atom. The second kappa shape index (κ2) is 4.03. The van der Waals surface area contributed by atoms with Crippen LogP contribution in [0.4, 0.5) is 0 Å². The van der Waals surface area contributed by atoms with E-state index in [1.165, 1.54) is 11.9 Å². The molecule has 0 aromatic heterocycles. The summed E-state index contributed by atoms with van der Waals surface area (Å²) in [5, 5.41) is 14.7. The van der Waals surface area contributed by atoms with E-state index >= 15 is 0 Å². The van der Waals surface area contributed by atoms with Crippen LogP contribution >= 0.6 is 11.9 Å². The molecule has 92 valence electrons. The Labute approximate surface area is 106 Å². The van der Waals surface area contributed by atoms with Crippen LogP contribution in [0.15, 0.2) is 23.1 Å². The molecule has 0 aliphatic heterocycles. The molecule has 1 aromatic rings. The lowest BCUT2D eigenvalue weighted by molar-refractivity contribution is -0.139.